The average molecular weight is 184 g/mol. The van der Waals surface area contributed by atoms with Crippen LogP contribution in [0.15, 0.2) is 10.2 Å². The Bertz CT molecular complexity index is 209. The van der Waals surface area contributed by atoms with Crippen molar-refractivity contribution in [3.63, 3.8) is 0 Å². The first-order valence-electron chi connectivity index (χ1n) is 3.96. The molecule has 7 nitrogen and oxygen atoms in total. The van der Waals surface area contributed by atoms with Gasteiger partial charge < -0.3 is 4.48 Å². The molecule has 0 aromatic carbocycles. The Morgan fingerprint density at radius 3 is 1.69 bits per heavy atom. The summed E-state index contributed by atoms with van der Waals surface area (Å²) in [4.78, 5) is 5.34. The largest absolute Gasteiger partial charge is 0.328 e. The molecule has 0 saturated carbocycles. The van der Waals surface area contributed by atoms with Crippen molar-refractivity contribution in [3.8, 4) is 0 Å². The van der Waals surface area contributed by atoms with E-state index in [1.165, 1.54) is 0 Å². The molecular formula is C6H14N7+. The van der Waals surface area contributed by atoms with E-state index >= 15 is 0 Å². The number of likely N-dealkylation sites (N-methyl/N-ethyl adjacent to an activating group) is 1. The molecule has 0 spiro atoms. The summed E-state index contributed by atoms with van der Waals surface area (Å²) in [6.45, 7) is 2.45. The van der Waals surface area contributed by atoms with Crippen molar-refractivity contribution < 1.29 is 4.48 Å². The predicted octanol–water partition coefficient (Wildman–Crippen LogP) is 1.68. The maximum absolute atomic E-state index is 8.06. The van der Waals surface area contributed by atoms with Crippen LogP contribution in [0.4, 0.5) is 0 Å². The van der Waals surface area contributed by atoms with Crippen LogP contribution in [0.1, 0.15) is 0 Å². The number of nitrogens with zero attached hydrogens (tertiary/aromatic N) is 7. The molecule has 0 bridgehead atoms. The lowest BCUT2D eigenvalue weighted by atomic mass is 10.4. The summed E-state index contributed by atoms with van der Waals surface area (Å²) >= 11 is 0. The Morgan fingerprint density at radius 2 is 1.38 bits per heavy atom. The number of azide groups is 2. The smallest absolute Gasteiger partial charge is 0.0839 e. The molecule has 0 aliphatic rings. The quantitative estimate of drug-likeness (QED) is 0.260. The highest BCUT2D eigenvalue weighted by Crippen LogP contribution is 1.96. The van der Waals surface area contributed by atoms with Gasteiger partial charge in [-0.15, -0.1) is 0 Å². The Labute approximate surface area is 76.8 Å². The molecule has 0 rings (SSSR count). The predicted molar refractivity (Wildman–Crippen MR) is 49.9 cm³/mol. The van der Waals surface area contributed by atoms with E-state index in [9.17, 15) is 0 Å². The van der Waals surface area contributed by atoms with E-state index in [-0.39, 0.29) is 0 Å². The van der Waals surface area contributed by atoms with Crippen molar-refractivity contribution in [3.05, 3.63) is 20.9 Å². The second kappa shape index (κ2) is 6.14. The van der Waals surface area contributed by atoms with Gasteiger partial charge in [0.1, 0.15) is 0 Å². The van der Waals surface area contributed by atoms with Gasteiger partial charge in [-0.2, -0.15) is 0 Å². The Hall–Kier alpha value is -1.42. The second-order valence-corrected chi connectivity index (χ2v) is 3.29. The minimum atomic E-state index is 0.472. The van der Waals surface area contributed by atoms with E-state index in [1.807, 2.05) is 14.1 Å². The molecule has 0 amide bonds. The first-order valence-corrected chi connectivity index (χ1v) is 3.96. The number of hydrogen-bond acceptors (Lipinski definition) is 2. The van der Waals surface area contributed by atoms with Crippen LogP contribution in [0, 0.1) is 0 Å². The van der Waals surface area contributed by atoms with Crippen molar-refractivity contribution in [2.45, 2.75) is 0 Å². The van der Waals surface area contributed by atoms with Gasteiger partial charge in [0.2, 0.25) is 0 Å². The van der Waals surface area contributed by atoms with Gasteiger partial charge in [-0.05, 0) is 11.1 Å². The van der Waals surface area contributed by atoms with Crippen LogP contribution in [-0.2, 0) is 0 Å². The maximum atomic E-state index is 8.06. The lowest BCUT2D eigenvalue weighted by Gasteiger charge is -2.28. The Balaban J connectivity index is 3.77. The molecule has 0 saturated heterocycles. The standard InChI is InChI=1S/C6H14N7/c1-13(2,5-3-9-11-7)6-4-10-12-8/h3-6H2,1-2H3/q+1. The fourth-order valence-corrected chi connectivity index (χ4v) is 0.832. The highest BCUT2D eigenvalue weighted by molar-refractivity contribution is 4.48. The van der Waals surface area contributed by atoms with Crippen molar-refractivity contribution >= 4 is 0 Å². The third kappa shape index (κ3) is 6.96. The van der Waals surface area contributed by atoms with E-state index in [4.69, 9.17) is 11.1 Å². The van der Waals surface area contributed by atoms with Gasteiger partial charge in [-0.25, -0.2) is 0 Å². The van der Waals surface area contributed by atoms with E-state index in [0.717, 1.165) is 13.1 Å². The minimum absolute atomic E-state index is 0.472. The fourth-order valence-electron chi connectivity index (χ4n) is 0.832. The van der Waals surface area contributed by atoms with Gasteiger partial charge in [0.05, 0.1) is 40.3 Å². The van der Waals surface area contributed by atoms with Crippen LogP contribution < -0.4 is 0 Å². The summed E-state index contributed by atoms with van der Waals surface area (Å²) in [6.07, 6.45) is 0. The SMILES string of the molecule is C[N+](C)(CCN=[N+]=[N-])CCN=[N+]=[N-]. The Kier molecular flexibility index (Phi) is 5.47. The van der Waals surface area contributed by atoms with Crippen LogP contribution in [0.3, 0.4) is 0 Å². The van der Waals surface area contributed by atoms with Crippen LogP contribution >= 0.6 is 0 Å². The highest BCUT2D eigenvalue weighted by Gasteiger charge is 2.12. The minimum Gasteiger partial charge on any atom is -0.328 e. The molecule has 72 valence electrons. The van der Waals surface area contributed by atoms with Gasteiger partial charge >= 0.3 is 0 Å². The molecule has 0 heterocycles. The van der Waals surface area contributed by atoms with E-state index in [1.54, 1.807) is 0 Å². The zero-order valence-corrected chi connectivity index (χ0v) is 7.96. The average Bonchev–Trinajstić information content (AvgIpc) is 2.05. The molecule has 7 heteroatoms. The van der Waals surface area contributed by atoms with Crippen LogP contribution in [0.2, 0.25) is 0 Å². The topological polar surface area (TPSA) is 97.5 Å². The number of quaternary nitrogens is 1. The Morgan fingerprint density at radius 1 is 1.00 bits per heavy atom. The fraction of sp³-hybridized carbons (Fsp3) is 1.00. The summed E-state index contributed by atoms with van der Waals surface area (Å²) in [5.41, 5.74) is 16.1. The van der Waals surface area contributed by atoms with E-state index < -0.39 is 0 Å². The molecule has 0 fully saturated rings. The summed E-state index contributed by atoms with van der Waals surface area (Å²) in [5.74, 6) is 0. The molecule has 0 radical (unpaired) electrons. The number of hydrogen-bond donors (Lipinski definition) is 0. The molecule has 0 aromatic rings. The van der Waals surface area contributed by atoms with Gasteiger partial charge in [-0.1, -0.05) is 10.2 Å². The molecule has 13 heavy (non-hydrogen) atoms. The van der Waals surface area contributed by atoms with Gasteiger partial charge in [0.25, 0.3) is 0 Å². The molecule has 0 atom stereocenters. The third-order valence-corrected chi connectivity index (χ3v) is 1.74. The zero-order valence-electron chi connectivity index (χ0n) is 7.96. The van der Waals surface area contributed by atoms with E-state index in [2.05, 4.69) is 20.1 Å². The summed E-state index contributed by atoms with van der Waals surface area (Å²) < 4.78 is 0.692. The highest BCUT2D eigenvalue weighted by atomic mass is 15.3. The lowest BCUT2D eigenvalue weighted by Crippen LogP contribution is -2.43. The third-order valence-electron chi connectivity index (χ3n) is 1.74. The molecule has 0 N–H and O–H groups in total. The van der Waals surface area contributed by atoms with Gasteiger partial charge in [0, 0.05) is 9.82 Å². The molecule has 0 unspecified atom stereocenters. The van der Waals surface area contributed by atoms with Crippen LogP contribution in [0.5, 0.6) is 0 Å². The zero-order chi connectivity index (χ0) is 10.2. The van der Waals surface area contributed by atoms with Crippen LogP contribution in [0.25, 0.3) is 20.9 Å². The first-order chi connectivity index (χ1) is 6.12. The van der Waals surface area contributed by atoms with Gasteiger partial charge in [-0.3, -0.25) is 0 Å². The summed E-state index contributed by atoms with van der Waals surface area (Å²) in [5, 5.41) is 6.89. The lowest BCUT2D eigenvalue weighted by molar-refractivity contribution is -0.887. The van der Waals surface area contributed by atoms with Crippen molar-refractivity contribution in [2.75, 3.05) is 40.3 Å². The first kappa shape index (κ1) is 11.6. The molecule has 0 aliphatic carbocycles. The molecule has 0 aromatic heterocycles. The van der Waals surface area contributed by atoms with E-state index in [0.29, 0.717) is 17.6 Å². The monoisotopic (exact) mass is 184 g/mol. The normalized spacial score (nSPS) is 10.0. The molecule has 0 aliphatic heterocycles. The summed E-state index contributed by atoms with van der Waals surface area (Å²) in [7, 11) is 4.00. The second-order valence-electron chi connectivity index (χ2n) is 3.29. The molecular weight excluding hydrogens is 170 g/mol. The van der Waals surface area contributed by atoms with Crippen molar-refractivity contribution in [1.82, 2.24) is 0 Å². The number of rotatable bonds is 6. The van der Waals surface area contributed by atoms with Gasteiger partial charge in [0.15, 0.2) is 0 Å². The van der Waals surface area contributed by atoms with Crippen molar-refractivity contribution in [1.29, 1.82) is 0 Å². The van der Waals surface area contributed by atoms with Crippen LogP contribution in [-0.4, -0.2) is 44.8 Å². The van der Waals surface area contributed by atoms with Crippen molar-refractivity contribution in [2.24, 2.45) is 10.2 Å². The maximum Gasteiger partial charge on any atom is 0.0839 e. The summed E-state index contributed by atoms with van der Waals surface area (Å²) in [6, 6.07) is 0.